The first kappa shape index (κ1) is 17.9. The Balaban J connectivity index is 1.63. The van der Waals surface area contributed by atoms with Gasteiger partial charge in [0.05, 0.1) is 25.0 Å². The van der Waals surface area contributed by atoms with Crippen LogP contribution in [0.5, 0.6) is 0 Å². The Kier molecular flexibility index (Phi) is 5.39. The Bertz CT molecular complexity index is 629. The van der Waals surface area contributed by atoms with Gasteiger partial charge in [-0.05, 0) is 30.4 Å². The van der Waals surface area contributed by atoms with Gasteiger partial charge < -0.3 is 20.0 Å². The number of aliphatic hydroxyl groups is 2. The van der Waals surface area contributed by atoms with Crippen molar-refractivity contribution in [1.29, 1.82) is 0 Å². The van der Waals surface area contributed by atoms with Crippen molar-refractivity contribution in [2.45, 2.75) is 32.3 Å². The maximum Gasteiger partial charge on any atom is 0.230 e. The van der Waals surface area contributed by atoms with Gasteiger partial charge in [-0.1, -0.05) is 24.3 Å². The molecule has 0 unspecified atom stereocenters. The third kappa shape index (κ3) is 3.70. The third-order valence-corrected chi connectivity index (χ3v) is 5.46. The monoisotopic (exact) mass is 346 g/mol. The molecule has 0 radical (unpaired) electrons. The number of carbonyl (C=O) groups excluding carboxylic acids is 2. The van der Waals surface area contributed by atoms with Crippen LogP contribution in [0.15, 0.2) is 24.3 Å². The average Bonchev–Trinajstić information content (AvgIpc) is 3.05. The molecule has 0 aliphatic carbocycles. The quantitative estimate of drug-likeness (QED) is 0.816. The summed E-state index contributed by atoms with van der Waals surface area (Å²) < 4.78 is 0. The van der Waals surface area contributed by atoms with Gasteiger partial charge in [0.25, 0.3) is 0 Å². The van der Waals surface area contributed by atoms with E-state index in [0.717, 1.165) is 24.0 Å². The lowest BCUT2D eigenvalue weighted by atomic mass is 9.78. The van der Waals surface area contributed by atoms with E-state index < -0.39 is 5.41 Å². The van der Waals surface area contributed by atoms with Gasteiger partial charge in [0.2, 0.25) is 11.8 Å². The number of amides is 2. The number of carbonyl (C=O) groups is 2. The summed E-state index contributed by atoms with van der Waals surface area (Å²) in [7, 11) is 0. The van der Waals surface area contributed by atoms with E-state index in [1.165, 1.54) is 0 Å². The third-order valence-electron chi connectivity index (χ3n) is 5.46. The van der Waals surface area contributed by atoms with Crippen molar-refractivity contribution in [2.75, 3.05) is 32.8 Å². The van der Waals surface area contributed by atoms with Crippen LogP contribution < -0.4 is 0 Å². The summed E-state index contributed by atoms with van der Waals surface area (Å²) in [6, 6.07) is 7.38. The molecule has 0 bridgehead atoms. The number of benzene rings is 1. The predicted molar refractivity (Wildman–Crippen MR) is 92.6 cm³/mol. The zero-order chi connectivity index (χ0) is 17.9. The van der Waals surface area contributed by atoms with E-state index in [9.17, 15) is 9.59 Å². The maximum atomic E-state index is 12.8. The molecular formula is C19H26N2O4. The number of hydrogen-bond donors (Lipinski definition) is 2. The SMILES string of the molecule is O=C(Cc1ccc(CO)cc1)N1CC[C@]2(CCCN(CCO)C2=O)C1. The van der Waals surface area contributed by atoms with Gasteiger partial charge in [-0.3, -0.25) is 9.59 Å². The highest BCUT2D eigenvalue weighted by Gasteiger charge is 2.49. The van der Waals surface area contributed by atoms with Crippen LogP contribution in [0.1, 0.15) is 30.4 Å². The highest BCUT2D eigenvalue weighted by molar-refractivity contribution is 5.86. The van der Waals surface area contributed by atoms with Gasteiger partial charge in [0.1, 0.15) is 0 Å². The van der Waals surface area contributed by atoms with Crippen molar-refractivity contribution in [2.24, 2.45) is 5.41 Å². The molecule has 2 saturated heterocycles. The first-order valence-corrected chi connectivity index (χ1v) is 8.95. The number of aliphatic hydroxyl groups excluding tert-OH is 2. The molecule has 2 aliphatic heterocycles. The molecule has 136 valence electrons. The first-order valence-electron chi connectivity index (χ1n) is 8.95. The summed E-state index contributed by atoms with van der Waals surface area (Å²) in [5.41, 5.74) is 1.29. The van der Waals surface area contributed by atoms with Crippen molar-refractivity contribution in [3.05, 3.63) is 35.4 Å². The second-order valence-corrected chi connectivity index (χ2v) is 7.12. The van der Waals surface area contributed by atoms with Gasteiger partial charge in [0, 0.05) is 26.2 Å². The van der Waals surface area contributed by atoms with Crippen molar-refractivity contribution >= 4 is 11.8 Å². The molecular weight excluding hydrogens is 320 g/mol. The van der Waals surface area contributed by atoms with E-state index in [0.29, 0.717) is 39.0 Å². The fourth-order valence-electron chi connectivity index (χ4n) is 4.00. The molecule has 2 N–H and O–H groups in total. The van der Waals surface area contributed by atoms with Crippen LogP contribution in [0, 0.1) is 5.41 Å². The number of piperidine rings is 1. The highest BCUT2D eigenvalue weighted by Crippen LogP contribution is 2.40. The second-order valence-electron chi connectivity index (χ2n) is 7.12. The minimum absolute atomic E-state index is 0.00464. The molecule has 0 aromatic heterocycles. The molecule has 6 heteroatoms. The van der Waals surface area contributed by atoms with Crippen LogP contribution in [-0.4, -0.2) is 64.6 Å². The topological polar surface area (TPSA) is 81.1 Å². The van der Waals surface area contributed by atoms with E-state index in [-0.39, 0.29) is 25.0 Å². The largest absolute Gasteiger partial charge is 0.395 e. The van der Waals surface area contributed by atoms with Crippen LogP contribution in [-0.2, 0) is 22.6 Å². The fourth-order valence-corrected chi connectivity index (χ4v) is 4.00. The Morgan fingerprint density at radius 3 is 2.48 bits per heavy atom. The van der Waals surface area contributed by atoms with Gasteiger partial charge in [-0.25, -0.2) is 0 Å². The average molecular weight is 346 g/mol. The summed E-state index contributed by atoms with van der Waals surface area (Å²) in [5, 5.41) is 18.2. The van der Waals surface area contributed by atoms with Crippen molar-refractivity contribution in [3.8, 4) is 0 Å². The van der Waals surface area contributed by atoms with Crippen LogP contribution >= 0.6 is 0 Å². The molecule has 2 heterocycles. The fraction of sp³-hybridized carbons (Fsp3) is 0.579. The van der Waals surface area contributed by atoms with E-state index in [1.54, 1.807) is 9.80 Å². The van der Waals surface area contributed by atoms with Crippen LogP contribution in [0.3, 0.4) is 0 Å². The zero-order valence-electron chi connectivity index (χ0n) is 14.5. The van der Waals surface area contributed by atoms with Crippen molar-refractivity contribution < 1.29 is 19.8 Å². The first-order chi connectivity index (χ1) is 12.1. The standard InChI is InChI=1S/C19H26N2O4/c22-11-10-20-8-1-6-19(18(20)25)7-9-21(14-19)17(24)12-15-2-4-16(13-23)5-3-15/h2-5,22-23H,1,6-14H2/t19-/m1/s1. The molecule has 2 aliphatic rings. The molecule has 0 saturated carbocycles. The molecule has 1 atom stereocenters. The molecule has 1 spiro atoms. The Morgan fingerprint density at radius 2 is 1.80 bits per heavy atom. The van der Waals surface area contributed by atoms with E-state index in [1.807, 2.05) is 24.3 Å². The zero-order valence-corrected chi connectivity index (χ0v) is 14.5. The summed E-state index contributed by atoms with van der Waals surface area (Å²) in [6.45, 7) is 2.16. The summed E-state index contributed by atoms with van der Waals surface area (Å²) in [5.74, 6) is 0.135. The Morgan fingerprint density at radius 1 is 1.08 bits per heavy atom. The predicted octanol–water partition coefficient (Wildman–Crippen LogP) is 0.555. The van der Waals surface area contributed by atoms with E-state index >= 15 is 0 Å². The van der Waals surface area contributed by atoms with Gasteiger partial charge in [-0.15, -0.1) is 0 Å². The molecule has 2 amide bonds. The summed E-state index contributed by atoms with van der Waals surface area (Å²) >= 11 is 0. The van der Waals surface area contributed by atoms with E-state index in [4.69, 9.17) is 10.2 Å². The lowest BCUT2D eigenvalue weighted by molar-refractivity contribution is -0.146. The normalized spacial score (nSPS) is 23.5. The molecule has 1 aromatic rings. The number of nitrogens with zero attached hydrogens (tertiary/aromatic N) is 2. The van der Waals surface area contributed by atoms with Gasteiger partial charge in [0.15, 0.2) is 0 Å². The number of rotatable bonds is 5. The Labute approximate surface area is 148 Å². The lowest BCUT2D eigenvalue weighted by Gasteiger charge is -2.39. The van der Waals surface area contributed by atoms with Gasteiger partial charge in [-0.2, -0.15) is 0 Å². The number of hydrogen-bond acceptors (Lipinski definition) is 4. The van der Waals surface area contributed by atoms with Gasteiger partial charge >= 0.3 is 0 Å². The van der Waals surface area contributed by atoms with Crippen LogP contribution in [0.4, 0.5) is 0 Å². The smallest absolute Gasteiger partial charge is 0.230 e. The second kappa shape index (κ2) is 7.54. The number of β-amino-alcohol motifs (C(OH)–C–C–N with tert-alkyl or cyclic N) is 1. The Hall–Kier alpha value is -1.92. The molecule has 1 aromatic carbocycles. The van der Waals surface area contributed by atoms with E-state index in [2.05, 4.69) is 0 Å². The molecule has 6 nitrogen and oxygen atoms in total. The number of likely N-dealkylation sites (tertiary alicyclic amines) is 2. The molecule has 3 rings (SSSR count). The maximum absolute atomic E-state index is 12.8. The minimum Gasteiger partial charge on any atom is -0.395 e. The van der Waals surface area contributed by atoms with Crippen molar-refractivity contribution in [3.63, 3.8) is 0 Å². The molecule has 25 heavy (non-hydrogen) atoms. The highest BCUT2D eigenvalue weighted by atomic mass is 16.3. The lowest BCUT2D eigenvalue weighted by Crippen LogP contribution is -2.51. The minimum atomic E-state index is -0.455. The summed E-state index contributed by atoms with van der Waals surface area (Å²) in [4.78, 5) is 29.0. The van der Waals surface area contributed by atoms with Crippen LogP contribution in [0.25, 0.3) is 0 Å². The summed E-state index contributed by atoms with van der Waals surface area (Å²) in [6.07, 6.45) is 2.78. The molecule has 2 fully saturated rings. The van der Waals surface area contributed by atoms with Crippen molar-refractivity contribution in [1.82, 2.24) is 9.80 Å². The van der Waals surface area contributed by atoms with Crippen LogP contribution in [0.2, 0.25) is 0 Å².